The molecule has 0 bridgehead atoms. The molecule has 0 fully saturated rings. The lowest BCUT2D eigenvalue weighted by molar-refractivity contribution is 0.174. The molecule has 0 radical (unpaired) electrons. The van der Waals surface area contributed by atoms with Crippen molar-refractivity contribution in [3.63, 3.8) is 0 Å². The minimum atomic E-state index is -4.01. The molecular weight excluding hydrogens is 328 g/mol. The summed E-state index contributed by atoms with van der Waals surface area (Å²) in [4.78, 5) is -0.432. The van der Waals surface area contributed by atoms with Crippen LogP contribution in [0.25, 0.3) is 0 Å². The van der Waals surface area contributed by atoms with E-state index in [2.05, 4.69) is 0 Å². The lowest BCUT2D eigenvalue weighted by Crippen LogP contribution is -2.26. The fraction of sp³-hybridized carbons (Fsp3) is 0.200. The van der Waals surface area contributed by atoms with Gasteiger partial charge in [0.05, 0.1) is 4.90 Å². The third-order valence-electron chi connectivity index (χ3n) is 3.39. The van der Waals surface area contributed by atoms with Crippen LogP contribution in [0.4, 0.5) is 8.78 Å². The highest BCUT2D eigenvalue weighted by atomic mass is 32.2. The smallest absolute Gasteiger partial charge is 0.243 e. The largest absolute Gasteiger partial charge is 0.454 e. The summed E-state index contributed by atoms with van der Waals surface area (Å²) in [5.74, 6) is -0.767. The molecule has 1 heterocycles. The number of benzene rings is 2. The van der Waals surface area contributed by atoms with Crippen LogP contribution in [-0.2, 0) is 16.6 Å². The minimum Gasteiger partial charge on any atom is -0.454 e. The van der Waals surface area contributed by atoms with E-state index in [0.717, 1.165) is 16.4 Å². The first-order chi connectivity index (χ1) is 10.9. The molecule has 23 heavy (non-hydrogen) atoms. The Labute approximate surface area is 132 Å². The van der Waals surface area contributed by atoms with Crippen molar-refractivity contribution in [2.24, 2.45) is 0 Å². The fourth-order valence-electron chi connectivity index (χ4n) is 2.24. The molecule has 2 aromatic rings. The van der Waals surface area contributed by atoms with E-state index in [1.54, 1.807) is 18.2 Å². The molecule has 122 valence electrons. The monoisotopic (exact) mass is 341 g/mol. The van der Waals surface area contributed by atoms with Gasteiger partial charge >= 0.3 is 0 Å². The van der Waals surface area contributed by atoms with Gasteiger partial charge in [-0.1, -0.05) is 6.07 Å². The Morgan fingerprint density at radius 2 is 1.70 bits per heavy atom. The average Bonchev–Trinajstić information content (AvgIpc) is 2.93. The highest BCUT2D eigenvalue weighted by molar-refractivity contribution is 7.89. The third kappa shape index (κ3) is 3.13. The molecule has 0 spiro atoms. The first-order valence-electron chi connectivity index (χ1n) is 6.67. The zero-order valence-electron chi connectivity index (χ0n) is 12.1. The molecule has 0 aliphatic carbocycles. The Hall–Kier alpha value is -2.19. The summed E-state index contributed by atoms with van der Waals surface area (Å²) >= 11 is 0. The Balaban J connectivity index is 1.85. The Kier molecular flexibility index (Phi) is 3.95. The molecule has 0 aromatic heterocycles. The summed E-state index contributed by atoms with van der Waals surface area (Å²) in [7, 11) is -2.68. The second kappa shape index (κ2) is 5.78. The van der Waals surface area contributed by atoms with E-state index in [-0.39, 0.29) is 13.3 Å². The Morgan fingerprint density at radius 3 is 2.39 bits per heavy atom. The van der Waals surface area contributed by atoms with E-state index in [0.29, 0.717) is 23.1 Å². The maximum atomic E-state index is 13.2. The molecule has 0 unspecified atom stereocenters. The Morgan fingerprint density at radius 1 is 1.04 bits per heavy atom. The second-order valence-corrected chi connectivity index (χ2v) is 7.10. The van der Waals surface area contributed by atoms with Crippen LogP contribution in [0.2, 0.25) is 0 Å². The number of hydrogen-bond acceptors (Lipinski definition) is 4. The molecule has 0 saturated heterocycles. The van der Waals surface area contributed by atoms with Crippen molar-refractivity contribution >= 4 is 10.0 Å². The molecule has 0 saturated carbocycles. The van der Waals surface area contributed by atoms with Gasteiger partial charge in [0, 0.05) is 19.7 Å². The van der Waals surface area contributed by atoms with Gasteiger partial charge < -0.3 is 9.47 Å². The zero-order chi connectivity index (χ0) is 16.6. The highest BCUT2D eigenvalue weighted by Gasteiger charge is 2.23. The number of rotatable bonds is 4. The van der Waals surface area contributed by atoms with E-state index >= 15 is 0 Å². The standard InChI is InChI=1S/C15H13F2NO4S/c1-18(8-10-2-3-14-15(4-10)22-9-21-14)23(19,20)13-6-11(16)5-12(17)7-13/h2-7H,8-9H2,1H3. The third-order valence-corrected chi connectivity index (χ3v) is 5.17. The summed E-state index contributed by atoms with van der Waals surface area (Å²) in [5, 5.41) is 0. The number of nitrogens with zero attached hydrogens (tertiary/aromatic N) is 1. The summed E-state index contributed by atoms with van der Waals surface area (Å²) < 4.78 is 62.7. The summed E-state index contributed by atoms with van der Waals surface area (Å²) in [6.07, 6.45) is 0. The van der Waals surface area contributed by atoms with Gasteiger partial charge in [-0.25, -0.2) is 17.2 Å². The number of ether oxygens (including phenoxy) is 2. The van der Waals surface area contributed by atoms with Gasteiger partial charge in [-0.15, -0.1) is 0 Å². The average molecular weight is 341 g/mol. The predicted molar refractivity (Wildman–Crippen MR) is 77.6 cm³/mol. The molecule has 2 aromatic carbocycles. The van der Waals surface area contributed by atoms with Crippen LogP contribution >= 0.6 is 0 Å². The zero-order valence-corrected chi connectivity index (χ0v) is 12.9. The number of fused-ring (bicyclic) bond motifs is 1. The number of sulfonamides is 1. The van der Waals surface area contributed by atoms with Crippen molar-refractivity contribution in [2.75, 3.05) is 13.8 Å². The molecule has 1 aliphatic rings. The summed E-state index contributed by atoms with van der Waals surface area (Å²) in [6.45, 7) is 0.145. The minimum absolute atomic E-state index is 0.0249. The van der Waals surface area contributed by atoms with Crippen molar-refractivity contribution in [1.82, 2.24) is 4.31 Å². The molecule has 8 heteroatoms. The first kappa shape index (κ1) is 15.7. The quantitative estimate of drug-likeness (QED) is 0.857. The molecule has 5 nitrogen and oxygen atoms in total. The van der Waals surface area contributed by atoms with Crippen LogP contribution in [0.1, 0.15) is 5.56 Å². The van der Waals surface area contributed by atoms with Crippen molar-refractivity contribution in [1.29, 1.82) is 0 Å². The van der Waals surface area contributed by atoms with Crippen molar-refractivity contribution in [3.8, 4) is 11.5 Å². The SMILES string of the molecule is CN(Cc1ccc2c(c1)OCO2)S(=O)(=O)c1cc(F)cc(F)c1. The van der Waals surface area contributed by atoms with E-state index < -0.39 is 26.6 Å². The van der Waals surface area contributed by atoms with Gasteiger partial charge in [-0.05, 0) is 29.8 Å². The normalized spacial score (nSPS) is 13.6. The summed E-state index contributed by atoms with van der Waals surface area (Å²) in [5.41, 5.74) is 0.664. The van der Waals surface area contributed by atoms with Gasteiger partial charge in [0.1, 0.15) is 11.6 Å². The highest BCUT2D eigenvalue weighted by Crippen LogP contribution is 2.33. The summed E-state index contributed by atoms with van der Waals surface area (Å²) in [6, 6.07) is 7.24. The lowest BCUT2D eigenvalue weighted by atomic mass is 10.2. The molecule has 1 aliphatic heterocycles. The second-order valence-electron chi connectivity index (χ2n) is 5.05. The number of hydrogen-bond donors (Lipinski definition) is 0. The molecule has 0 atom stereocenters. The van der Waals surface area contributed by atoms with Crippen LogP contribution in [-0.4, -0.2) is 26.6 Å². The van der Waals surface area contributed by atoms with E-state index in [4.69, 9.17) is 9.47 Å². The first-order valence-corrected chi connectivity index (χ1v) is 8.11. The molecule has 0 N–H and O–H groups in total. The predicted octanol–water partition coefficient (Wildman–Crippen LogP) is 2.51. The van der Waals surface area contributed by atoms with E-state index in [9.17, 15) is 17.2 Å². The maximum absolute atomic E-state index is 13.2. The van der Waals surface area contributed by atoms with E-state index in [1.165, 1.54) is 7.05 Å². The van der Waals surface area contributed by atoms with Crippen LogP contribution in [0, 0.1) is 11.6 Å². The van der Waals surface area contributed by atoms with Gasteiger partial charge in [0.2, 0.25) is 16.8 Å². The maximum Gasteiger partial charge on any atom is 0.243 e. The van der Waals surface area contributed by atoms with E-state index in [1.807, 2.05) is 0 Å². The Bertz CT molecular complexity index is 834. The van der Waals surface area contributed by atoms with Crippen molar-refractivity contribution < 1.29 is 26.7 Å². The van der Waals surface area contributed by atoms with Crippen molar-refractivity contribution in [3.05, 3.63) is 53.6 Å². The van der Waals surface area contributed by atoms with Gasteiger partial charge in [-0.2, -0.15) is 4.31 Å². The molecule has 3 rings (SSSR count). The molecular formula is C15H13F2NO4S. The van der Waals surface area contributed by atoms with Crippen LogP contribution < -0.4 is 9.47 Å². The van der Waals surface area contributed by atoms with Crippen LogP contribution in [0.15, 0.2) is 41.3 Å². The number of halogens is 2. The molecule has 0 amide bonds. The van der Waals surface area contributed by atoms with Crippen LogP contribution in [0.5, 0.6) is 11.5 Å². The van der Waals surface area contributed by atoms with Gasteiger partial charge in [-0.3, -0.25) is 0 Å². The van der Waals surface area contributed by atoms with Crippen LogP contribution in [0.3, 0.4) is 0 Å². The van der Waals surface area contributed by atoms with Gasteiger partial charge in [0.25, 0.3) is 0 Å². The topological polar surface area (TPSA) is 55.8 Å². The van der Waals surface area contributed by atoms with Crippen molar-refractivity contribution in [2.45, 2.75) is 11.4 Å². The fourth-order valence-corrected chi connectivity index (χ4v) is 3.44. The lowest BCUT2D eigenvalue weighted by Gasteiger charge is -2.17. The van der Waals surface area contributed by atoms with Gasteiger partial charge in [0.15, 0.2) is 11.5 Å².